The van der Waals surface area contributed by atoms with Gasteiger partial charge < -0.3 is 15.2 Å². The third-order valence-electron chi connectivity index (χ3n) is 2.66. The number of carbonyl (C=O) groups excluding carboxylic acids is 1. The molecule has 1 aromatic rings. The van der Waals surface area contributed by atoms with Crippen molar-refractivity contribution in [3.05, 3.63) is 29.8 Å². The maximum Gasteiger partial charge on any atom is 0.260 e. The van der Waals surface area contributed by atoms with Crippen molar-refractivity contribution in [2.75, 3.05) is 24.7 Å². The average Bonchev–Trinajstić information content (AvgIpc) is 2.42. The molecule has 1 amide bonds. The van der Waals surface area contributed by atoms with Gasteiger partial charge in [-0.2, -0.15) is 11.8 Å². The molecule has 4 nitrogen and oxygen atoms in total. The number of carbonyl (C=O) groups is 1. The van der Waals surface area contributed by atoms with Crippen LogP contribution in [-0.4, -0.2) is 41.8 Å². The van der Waals surface area contributed by atoms with Crippen molar-refractivity contribution >= 4 is 17.7 Å². The van der Waals surface area contributed by atoms with Crippen LogP contribution in [0.2, 0.25) is 0 Å². The van der Waals surface area contributed by atoms with Gasteiger partial charge in [-0.15, -0.1) is 0 Å². The number of benzene rings is 1. The first-order chi connectivity index (χ1) is 9.63. The van der Waals surface area contributed by atoms with Crippen molar-refractivity contribution in [2.45, 2.75) is 26.4 Å². The summed E-state index contributed by atoms with van der Waals surface area (Å²) in [6.07, 6.45) is 0.296. The summed E-state index contributed by atoms with van der Waals surface area (Å²) in [6, 6.07) is 7.66. The minimum Gasteiger partial charge on any atom is -0.481 e. The van der Waals surface area contributed by atoms with Crippen molar-refractivity contribution in [3.8, 4) is 5.75 Å². The highest BCUT2D eigenvalue weighted by Gasteiger charge is 2.13. The van der Waals surface area contributed by atoms with E-state index in [2.05, 4.69) is 5.32 Å². The fraction of sp³-hybridized carbons (Fsp3) is 0.533. The van der Waals surface area contributed by atoms with E-state index in [0.29, 0.717) is 12.3 Å². The van der Waals surface area contributed by atoms with Crippen LogP contribution in [-0.2, 0) is 4.79 Å². The summed E-state index contributed by atoms with van der Waals surface area (Å²) in [7, 11) is 0. The first-order valence-electron chi connectivity index (χ1n) is 6.83. The van der Waals surface area contributed by atoms with E-state index in [-0.39, 0.29) is 12.5 Å². The van der Waals surface area contributed by atoms with Crippen LogP contribution in [0.25, 0.3) is 0 Å². The molecule has 0 radical (unpaired) electrons. The van der Waals surface area contributed by atoms with E-state index in [0.717, 1.165) is 23.5 Å². The van der Waals surface area contributed by atoms with Gasteiger partial charge in [0.25, 0.3) is 5.91 Å². The smallest absolute Gasteiger partial charge is 0.260 e. The number of aryl methyl sites for hydroxylation is 1. The van der Waals surface area contributed by atoms with Gasteiger partial charge in [0.15, 0.2) is 6.10 Å². The number of rotatable bonds is 9. The number of hydrogen-bond donors (Lipinski definition) is 2. The van der Waals surface area contributed by atoms with E-state index >= 15 is 0 Å². The number of amides is 1. The predicted octanol–water partition coefficient (Wildman–Crippen LogP) is 1.99. The van der Waals surface area contributed by atoms with Gasteiger partial charge in [0.05, 0.1) is 0 Å². The number of thioether (sulfide) groups is 1. The molecule has 0 heterocycles. The molecule has 1 unspecified atom stereocenters. The maximum atomic E-state index is 11.8. The van der Waals surface area contributed by atoms with Gasteiger partial charge in [0.2, 0.25) is 0 Å². The Hall–Kier alpha value is -1.20. The van der Waals surface area contributed by atoms with Gasteiger partial charge in [-0.05, 0) is 43.7 Å². The van der Waals surface area contributed by atoms with E-state index in [1.807, 2.05) is 31.2 Å². The van der Waals surface area contributed by atoms with Crippen LogP contribution in [0.3, 0.4) is 0 Å². The Morgan fingerprint density at radius 3 is 2.95 bits per heavy atom. The normalized spacial score (nSPS) is 11.9. The molecule has 20 heavy (non-hydrogen) atoms. The summed E-state index contributed by atoms with van der Waals surface area (Å²) in [5.74, 6) is 2.38. The van der Waals surface area contributed by atoms with Gasteiger partial charge >= 0.3 is 0 Å². The molecule has 0 bridgehead atoms. The molecule has 0 saturated heterocycles. The van der Waals surface area contributed by atoms with E-state index in [9.17, 15) is 4.79 Å². The Labute approximate surface area is 124 Å². The predicted molar refractivity (Wildman–Crippen MR) is 83.3 cm³/mol. The second-order valence-corrected chi connectivity index (χ2v) is 5.78. The molecule has 1 aromatic carbocycles. The van der Waals surface area contributed by atoms with Gasteiger partial charge in [-0.3, -0.25) is 4.79 Å². The molecule has 0 aliphatic carbocycles. The zero-order valence-electron chi connectivity index (χ0n) is 12.1. The zero-order chi connectivity index (χ0) is 14.8. The summed E-state index contributed by atoms with van der Waals surface area (Å²) >= 11 is 1.72. The van der Waals surface area contributed by atoms with Crippen molar-refractivity contribution in [1.82, 2.24) is 5.32 Å². The number of ether oxygens (including phenoxy) is 1. The van der Waals surface area contributed by atoms with E-state index < -0.39 is 6.10 Å². The highest BCUT2D eigenvalue weighted by atomic mass is 32.2. The minimum absolute atomic E-state index is 0.103. The molecule has 1 atom stereocenters. The molecular weight excluding hydrogens is 274 g/mol. The number of aliphatic hydroxyl groups excluding tert-OH is 1. The average molecular weight is 297 g/mol. The second-order valence-electron chi connectivity index (χ2n) is 4.56. The van der Waals surface area contributed by atoms with Crippen molar-refractivity contribution < 1.29 is 14.6 Å². The van der Waals surface area contributed by atoms with Crippen LogP contribution in [0.5, 0.6) is 5.75 Å². The molecule has 0 saturated carbocycles. The maximum absolute atomic E-state index is 11.8. The molecule has 112 valence electrons. The fourth-order valence-electron chi connectivity index (χ4n) is 1.61. The highest BCUT2D eigenvalue weighted by Crippen LogP contribution is 2.14. The standard InChI is InChI=1S/C15H23NO3S/c1-12-5-3-6-14(11-12)19-13(2)15(18)16-7-10-20-9-4-8-17/h3,5-6,11,13,17H,4,7-10H2,1-2H3,(H,16,18). The van der Waals surface area contributed by atoms with Crippen LogP contribution < -0.4 is 10.1 Å². The monoisotopic (exact) mass is 297 g/mol. The number of aliphatic hydroxyl groups is 1. The quantitative estimate of drug-likeness (QED) is 0.684. The summed E-state index contributed by atoms with van der Waals surface area (Å²) < 4.78 is 5.60. The molecule has 5 heteroatoms. The topological polar surface area (TPSA) is 58.6 Å². The van der Waals surface area contributed by atoms with Crippen LogP contribution in [0.1, 0.15) is 18.9 Å². The first-order valence-corrected chi connectivity index (χ1v) is 7.98. The van der Waals surface area contributed by atoms with E-state index in [1.165, 1.54) is 0 Å². The zero-order valence-corrected chi connectivity index (χ0v) is 12.9. The second kappa shape index (κ2) is 9.66. The number of nitrogens with one attached hydrogen (secondary N) is 1. The Bertz CT molecular complexity index is 412. The van der Waals surface area contributed by atoms with Crippen LogP contribution >= 0.6 is 11.8 Å². The Kier molecular flexibility index (Phi) is 8.14. The lowest BCUT2D eigenvalue weighted by atomic mass is 10.2. The Morgan fingerprint density at radius 2 is 2.25 bits per heavy atom. The largest absolute Gasteiger partial charge is 0.481 e. The lowest BCUT2D eigenvalue weighted by molar-refractivity contribution is -0.127. The fourth-order valence-corrected chi connectivity index (χ4v) is 2.39. The molecule has 0 aromatic heterocycles. The van der Waals surface area contributed by atoms with Gasteiger partial charge in [0.1, 0.15) is 5.75 Å². The van der Waals surface area contributed by atoms with Gasteiger partial charge in [0, 0.05) is 18.9 Å². The summed E-state index contributed by atoms with van der Waals surface area (Å²) in [6.45, 7) is 4.58. The minimum atomic E-state index is -0.501. The Balaban J connectivity index is 2.22. The van der Waals surface area contributed by atoms with Crippen LogP contribution in [0.15, 0.2) is 24.3 Å². The lowest BCUT2D eigenvalue weighted by Gasteiger charge is -2.15. The molecule has 0 fully saturated rings. The van der Waals surface area contributed by atoms with E-state index in [1.54, 1.807) is 18.7 Å². The molecule has 2 N–H and O–H groups in total. The molecule has 0 spiro atoms. The SMILES string of the molecule is Cc1cccc(OC(C)C(=O)NCCSCCCO)c1. The summed E-state index contributed by atoms with van der Waals surface area (Å²) in [5.41, 5.74) is 1.11. The molecular formula is C15H23NO3S. The molecule has 0 aliphatic heterocycles. The van der Waals surface area contributed by atoms with Crippen molar-refractivity contribution in [1.29, 1.82) is 0 Å². The van der Waals surface area contributed by atoms with Crippen molar-refractivity contribution in [3.63, 3.8) is 0 Å². The molecule has 0 aliphatic rings. The van der Waals surface area contributed by atoms with E-state index in [4.69, 9.17) is 9.84 Å². The third kappa shape index (κ3) is 6.82. The van der Waals surface area contributed by atoms with Gasteiger partial charge in [-0.25, -0.2) is 0 Å². The third-order valence-corrected chi connectivity index (χ3v) is 3.73. The summed E-state index contributed by atoms with van der Waals surface area (Å²) in [4.78, 5) is 11.8. The van der Waals surface area contributed by atoms with Gasteiger partial charge in [-0.1, -0.05) is 12.1 Å². The lowest BCUT2D eigenvalue weighted by Crippen LogP contribution is -2.37. The Morgan fingerprint density at radius 1 is 1.45 bits per heavy atom. The van der Waals surface area contributed by atoms with Crippen molar-refractivity contribution in [2.24, 2.45) is 0 Å². The van der Waals surface area contributed by atoms with Crippen LogP contribution in [0, 0.1) is 6.92 Å². The van der Waals surface area contributed by atoms with Crippen LogP contribution in [0.4, 0.5) is 0 Å². The summed E-state index contributed by atoms with van der Waals surface area (Å²) in [5, 5.41) is 11.5. The molecule has 1 rings (SSSR count). The highest BCUT2D eigenvalue weighted by molar-refractivity contribution is 7.99. The number of hydrogen-bond acceptors (Lipinski definition) is 4. The first kappa shape index (κ1) is 16.9.